The quantitative estimate of drug-likeness (QED) is 0.571. The first-order chi connectivity index (χ1) is 15.8. The van der Waals surface area contributed by atoms with Crippen molar-refractivity contribution < 1.29 is 17.6 Å². The van der Waals surface area contributed by atoms with Crippen LogP contribution in [0.25, 0.3) is 11.3 Å². The minimum Gasteiger partial charge on any atom is -0.352 e. The van der Waals surface area contributed by atoms with Crippen LogP contribution in [0, 0.1) is 5.82 Å². The number of aromatic nitrogens is 2. The Balaban J connectivity index is 1.37. The number of amides is 1. The van der Waals surface area contributed by atoms with E-state index in [1.54, 1.807) is 29.2 Å². The molecule has 0 bridgehead atoms. The molecule has 3 aromatic rings. The normalized spacial score (nSPS) is 14.5. The average molecular weight is 470 g/mol. The van der Waals surface area contributed by atoms with Crippen LogP contribution in [-0.2, 0) is 10.0 Å². The van der Waals surface area contributed by atoms with Gasteiger partial charge in [0.25, 0.3) is 5.91 Å². The van der Waals surface area contributed by atoms with Crippen LogP contribution in [0.2, 0.25) is 0 Å². The number of nitrogens with zero attached hydrogens (tertiary/aromatic N) is 5. The number of benzene rings is 2. The highest BCUT2D eigenvalue weighted by Crippen LogP contribution is 2.21. The van der Waals surface area contributed by atoms with E-state index in [-0.39, 0.29) is 16.6 Å². The minimum absolute atomic E-state index is 0.138. The number of hydrogen-bond donors (Lipinski definition) is 0. The fourth-order valence-electron chi connectivity index (χ4n) is 3.57. The Hall–Kier alpha value is -3.37. The van der Waals surface area contributed by atoms with Gasteiger partial charge in [0.15, 0.2) is 5.82 Å². The summed E-state index contributed by atoms with van der Waals surface area (Å²) in [4.78, 5) is 16.8. The Morgan fingerprint density at radius 3 is 2.06 bits per heavy atom. The second-order valence-electron chi connectivity index (χ2n) is 7.87. The molecule has 0 unspecified atom stereocenters. The molecular weight excluding hydrogens is 445 g/mol. The summed E-state index contributed by atoms with van der Waals surface area (Å²) in [5.74, 6) is 0.276. The van der Waals surface area contributed by atoms with E-state index in [4.69, 9.17) is 0 Å². The van der Waals surface area contributed by atoms with Gasteiger partial charge in [-0.2, -0.15) is 0 Å². The predicted molar refractivity (Wildman–Crippen MR) is 123 cm³/mol. The number of carbonyl (C=O) groups excluding carboxylic acids is 1. The van der Waals surface area contributed by atoms with Gasteiger partial charge in [-0.3, -0.25) is 4.79 Å². The van der Waals surface area contributed by atoms with Crippen LogP contribution in [0.3, 0.4) is 0 Å². The third-order valence-electron chi connectivity index (χ3n) is 5.56. The molecule has 8 nitrogen and oxygen atoms in total. The zero-order valence-corrected chi connectivity index (χ0v) is 19.2. The molecule has 0 atom stereocenters. The van der Waals surface area contributed by atoms with Gasteiger partial charge in [0.05, 0.1) is 10.6 Å². The molecular formula is C23H24FN5O3S. The van der Waals surface area contributed by atoms with Crippen molar-refractivity contribution in [3.05, 3.63) is 72.0 Å². The van der Waals surface area contributed by atoms with Crippen LogP contribution in [0.5, 0.6) is 0 Å². The van der Waals surface area contributed by atoms with E-state index in [1.807, 2.05) is 12.1 Å². The molecule has 33 heavy (non-hydrogen) atoms. The van der Waals surface area contributed by atoms with Gasteiger partial charge in [-0.1, -0.05) is 0 Å². The largest absolute Gasteiger partial charge is 0.352 e. The Kier molecular flexibility index (Phi) is 6.39. The molecule has 10 heteroatoms. The lowest BCUT2D eigenvalue weighted by atomic mass is 10.1. The molecule has 0 aliphatic carbocycles. The molecule has 1 fully saturated rings. The summed E-state index contributed by atoms with van der Waals surface area (Å²) in [5.41, 5.74) is 1.90. The van der Waals surface area contributed by atoms with Gasteiger partial charge in [0.1, 0.15) is 5.82 Å². The number of halogens is 1. The Morgan fingerprint density at radius 2 is 1.52 bits per heavy atom. The molecule has 1 aromatic heterocycles. The Bertz CT molecular complexity index is 1220. The van der Waals surface area contributed by atoms with Gasteiger partial charge >= 0.3 is 0 Å². The highest BCUT2D eigenvalue weighted by Gasteiger charge is 2.24. The predicted octanol–water partition coefficient (Wildman–Crippen LogP) is 2.50. The first-order valence-corrected chi connectivity index (χ1v) is 11.9. The first kappa shape index (κ1) is 22.8. The van der Waals surface area contributed by atoms with E-state index in [9.17, 15) is 17.6 Å². The second kappa shape index (κ2) is 9.24. The number of piperazine rings is 1. The summed E-state index contributed by atoms with van der Waals surface area (Å²) in [5, 5.41) is 8.54. The van der Waals surface area contributed by atoms with E-state index in [1.165, 1.54) is 38.4 Å². The summed E-state index contributed by atoms with van der Waals surface area (Å²) in [6.07, 6.45) is 0. The van der Waals surface area contributed by atoms with Crippen LogP contribution in [0.15, 0.2) is 65.6 Å². The van der Waals surface area contributed by atoms with Crippen LogP contribution >= 0.6 is 0 Å². The number of sulfonamides is 1. The maximum Gasteiger partial charge on any atom is 0.253 e. The van der Waals surface area contributed by atoms with Gasteiger partial charge in [0, 0.05) is 51.4 Å². The summed E-state index contributed by atoms with van der Waals surface area (Å²) >= 11 is 0. The lowest BCUT2D eigenvalue weighted by molar-refractivity contribution is 0.0746. The molecule has 0 saturated carbocycles. The Morgan fingerprint density at radius 1 is 0.879 bits per heavy atom. The van der Waals surface area contributed by atoms with E-state index in [2.05, 4.69) is 15.1 Å². The summed E-state index contributed by atoms with van der Waals surface area (Å²) in [6, 6.07) is 15.8. The molecule has 1 aliphatic heterocycles. The zero-order chi connectivity index (χ0) is 23.6. The van der Waals surface area contributed by atoms with Crippen molar-refractivity contribution in [1.29, 1.82) is 0 Å². The number of carbonyl (C=O) groups is 1. The lowest BCUT2D eigenvalue weighted by Gasteiger charge is -2.35. The highest BCUT2D eigenvalue weighted by atomic mass is 32.2. The van der Waals surface area contributed by atoms with Gasteiger partial charge in [0.2, 0.25) is 10.0 Å². The SMILES string of the molecule is CN(C)S(=O)(=O)c1ccc(C(=O)N2CCN(c3ccc(-c4ccc(F)cc4)nn3)CC2)cc1. The van der Waals surface area contributed by atoms with Crippen molar-refractivity contribution in [2.45, 2.75) is 4.90 Å². The molecule has 0 radical (unpaired) electrons. The van der Waals surface area contributed by atoms with Crippen LogP contribution in [0.1, 0.15) is 10.4 Å². The molecule has 172 valence electrons. The fraction of sp³-hybridized carbons (Fsp3) is 0.261. The van der Waals surface area contributed by atoms with Crippen LogP contribution in [0.4, 0.5) is 10.2 Å². The molecule has 1 aliphatic rings. The monoisotopic (exact) mass is 469 g/mol. The second-order valence-corrected chi connectivity index (χ2v) is 10.0. The number of hydrogen-bond acceptors (Lipinski definition) is 6. The minimum atomic E-state index is -3.53. The molecule has 2 heterocycles. The van der Waals surface area contributed by atoms with Gasteiger partial charge < -0.3 is 9.80 Å². The summed E-state index contributed by atoms with van der Waals surface area (Å²) in [6.45, 7) is 2.22. The van der Waals surface area contributed by atoms with E-state index in [0.29, 0.717) is 43.3 Å². The van der Waals surface area contributed by atoms with Crippen molar-refractivity contribution in [3.63, 3.8) is 0 Å². The molecule has 4 rings (SSSR count). The van der Waals surface area contributed by atoms with Crippen LogP contribution in [-0.4, -0.2) is 74.0 Å². The molecule has 0 N–H and O–H groups in total. The third-order valence-corrected chi connectivity index (χ3v) is 7.39. The first-order valence-electron chi connectivity index (χ1n) is 10.4. The Labute approximate surface area is 192 Å². The highest BCUT2D eigenvalue weighted by molar-refractivity contribution is 7.89. The number of rotatable bonds is 5. The molecule has 2 aromatic carbocycles. The lowest BCUT2D eigenvalue weighted by Crippen LogP contribution is -2.49. The van der Waals surface area contributed by atoms with Gasteiger partial charge in [-0.25, -0.2) is 17.1 Å². The van der Waals surface area contributed by atoms with Crippen LogP contribution < -0.4 is 4.90 Å². The molecule has 0 spiro atoms. The summed E-state index contributed by atoms with van der Waals surface area (Å²) < 4.78 is 38.6. The number of anilines is 1. The third kappa shape index (κ3) is 4.86. The van der Waals surface area contributed by atoms with Gasteiger partial charge in [-0.05, 0) is 60.7 Å². The summed E-state index contributed by atoms with van der Waals surface area (Å²) in [7, 11) is -0.599. The molecule has 1 amide bonds. The topological polar surface area (TPSA) is 86.7 Å². The van der Waals surface area contributed by atoms with Crippen molar-refractivity contribution in [3.8, 4) is 11.3 Å². The van der Waals surface area contributed by atoms with E-state index >= 15 is 0 Å². The molecule has 1 saturated heterocycles. The van der Waals surface area contributed by atoms with Crippen molar-refractivity contribution in [1.82, 2.24) is 19.4 Å². The van der Waals surface area contributed by atoms with Crippen molar-refractivity contribution in [2.75, 3.05) is 45.2 Å². The van der Waals surface area contributed by atoms with E-state index < -0.39 is 10.0 Å². The zero-order valence-electron chi connectivity index (χ0n) is 18.3. The standard InChI is InChI=1S/C23H24FN5O3S/c1-27(2)33(31,32)20-9-5-18(6-10-20)23(30)29-15-13-28(14-16-29)22-12-11-21(25-26-22)17-3-7-19(24)8-4-17/h3-12H,13-16H2,1-2H3. The van der Waals surface area contributed by atoms with Crippen molar-refractivity contribution in [2.24, 2.45) is 0 Å². The van der Waals surface area contributed by atoms with Gasteiger partial charge in [-0.15, -0.1) is 10.2 Å². The average Bonchev–Trinajstić information content (AvgIpc) is 2.84. The fourth-order valence-corrected chi connectivity index (χ4v) is 4.47. The smallest absolute Gasteiger partial charge is 0.253 e. The van der Waals surface area contributed by atoms with Crippen molar-refractivity contribution >= 4 is 21.7 Å². The maximum absolute atomic E-state index is 13.1. The van der Waals surface area contributed by atoms with E-state index in [0.717, 1.165) is 9.87 Å². The maximum atomic E-state index is 13.1.